The number of rotatable bonds is 6. The summed E-state index contributed by atoms with van der Waals surface area (Å²) in [6, 6.07) is 0. The zero-order valence-corrected chi connectivity index (χ0v) is 11.7. The molecule has 0 aromatic carbocycles. The van der Waals surface area contributed by atoms with Crippen molar-refractivity contribution in [2.45, 2.75) is 19.4 Å². The first-order valence-electron chi connectivity index (χ1n) is 6.49. The number of halogens is 1. The Morgan fingerprint density at radius 1 is 1.42 bits per heavy atom. The van der Waals surface area contributed by atoms with Crippen molar-refractivity contribution in [1.29, 1.82) is 0 Å². The van der Waals surface area contributed by atoms with E-state index in [-0.39, 0.29) is 6.10 Å². The lowest BCUT2D eigenvalue weighted by Gasteiger charge is -2.23. The maximum absolute atomic E-state index is 6.06. The van der Waals surface area contributed by atoms with Crippen molar-refractivity contribution in [1.82, 2.24) is 9.97 Å². The third kappa shape index (κ3) is 4.49. The highest BCUT2D eigenvalue weighted by atomic mass is 35.5. The van der Waals surface area contributed by atoms with Gasteiger partial charge in [-0.1, -0.05) is 18.5 Å². The molecule has 1 saturated heterocycles. The van der Waals surface area contributed by atoms with Crippen LogP contribution in [-0.4, -0.2) is 49.0 Å². The number of aromatic nitrogens is 2. The summed E-state index contributed by atoms with van der Waals surface area (Å²) >= 11 is 6.06. The molecule has 2 heterocycles. The van der Waals surface area contributed by atoms with Gasteiger partial charge < -0.3 is 20.1 Å². The van der Waals surface area contributed by atoms with Gasteiger partial charge in [-0.15, -0.1) is 0 Å². The Bertz CT molecular complexity index is 399. The zero-order chi connectivity index (χ0) is 13.5. The van der Waals surface area contributed by atoms with Crippen molar-refractivity contribution in [3.8, 4) is 0 Å². The average molecular weight is 287 g/mol. The minimum Gasteiger partial charge on any atom is -0.376 e. The Balaban J connectivity index is 1.90. The molecule has 1 aromatic rings. The number of anilines is 2. The second-order valence-electron chi connectivity index (χ2n) is 4.27. The van der Waals surface area contributed by atoms with E-state index in [1.54, 1.807) is 6.20 Å². The van der Waals surface area contributed by atoms with E-state index < -0.39 is 0 Å². The maximum atomic E-state index is 6.06. The molecule has 2 N–H and O–H groups in total. The second-order valence-corrected chi connectivity index (χ2v) is 4.67. The Labute approximate surface area is 117 Å². The Morgan fingerprint density at radius 3 is 3.05 bits per heavy atom. The van der Waals surface area contributed by atoms with Crippen LogP contribution in [0, 0.1) is 0 Å². The van der Waals surface area contributed by atoms with Gasteiger partial charge in [0.2, 0.25) is 5.95 Å². The first kappa shape index (κ1) is 14.3. The number of nitrogens with one attached hydrogen (secondary N) is 2. The maximum Gasteiger partial charge on any atom is 0.224 e. The van der Waals surface area contributed by atoms with Gasteiger partial charge in [-0.05, 0) is 6.42 Å². The van der Waals surface area contributed by atoms with Crippen LogP contribution in [0.15, 0.2) is 6.20 Å². The van der Waals surface area contributed by atoms with E-state index in [4.69, 9.17) is 21.1 Å². The molecule has 0 bridgehead atoms. The van der Waals surface area contributed by atoms with Crippen molar-refractivity contribution in [2.24, 2.45) is 0 Å². The molecule has 1 aliphatic heterocycles. The fourth-order valence-corrected chi connectivity index (χ4v) is 1.84. The van der Waals surface area contributed by atoms with Gasteiger partial charge in [-0.2, -0.15) is 4.98 Å². The van der Waals surface area contributed by atoms with Gasteiger partial charge in [0.15, 0.2) is 5.82 Å². The van der Waals surface area contributed by atoms with E-state index in [9.17, 15) is 0 Å². The molecule has 2 rings (SSSR count). The number of hydrogen-bond acceptors (Lipinski definition) is 6. The molecule has 1 aromatic heterocycles. The summed E-state index contributed by atoms with van der Waals surface area (Å²) < 4.78 is 10.9. The van der Waals surface area contributed by atoms with E-state index in [1.165, 1.54) is 0 Å². The molecule has 1 fully saturated rings. The third-order valence-corrected chi connectivity index (χ3v) is 2.94. The molecule has 0 spiro atoms. The minimum absolute atomic E-state index is 0.0341. The molecule has 106 valence electrons. The van der Waals surface area contributed by atoms with Crippen LogP contribution in [0.1, 0.15) is 13.3 Å². The molecule has 1 aliphatic rings. The smallest absolute Gasteiger partial charge is 0.224 e. The molecule has 7 heteroatoms. The first-order valence-corrected chi connectivity index (χ1v) is 6.87. The van der Waals surface area contributed by atoms with Crippen molar-refractivity contribution in [3.05, 3.63) is 11.2 Å². The highest BCUT2D eigenvalue weighted by molar-refractivity contribution is 6.32. The van der Waals surface area contributed by atoms with Gasteiger partial charge in [-0.3, -0.25) is 0 Å². The summed E-state index contributed by atoms with van der Waals surface area (Å²) in [6.45, 7) is 5.42. The van der Waals surface area contributed by atoms with E-state index in [0.29, 0.717) is 43.2 Å². The predicted octanol–water partition coefficient (Wildman–Crippen LogP) is 1.78. The SMILES string of the molecule is CCCNc1ncc(Cl)c(NCC2COCCO2)n1. The van der Waals surface area contributed by atoms with Crippen LogP contribution in [0.5, 0.6) is 0 Å². The van der Waals surface area contributed by atoms with E-state index in [2.05, 4.69) is 27.5 Å². The molecule has 0 amide bonds. The summed E-state index contributed by atoms with van der Waals surface area (Å²) in [6.07, 6.45) is 2.64. The third-order valence-electron chi connectivity index (χ3n) is 2.66. The minimum atomic E-state index is 0.0341. The zero-order valence-electron chi connectivity index (χ0n) is 11.0. The molecule has 6 nitrogen and oxygen atoms in total. The van der Waals surface area contributed by atoms with Crippen LogP contribution >= 0.6 is 11.6 Å². The van der Waals surface area contributed by atoms with Crippen LogP contribution in [0.4, 0.5) is 11.8 Å². The number of hydrogen-bond donors (Lipinski definition) is 2. The molecular weight excluding hydrogens is 268 g/mol. The lowest BCUT2D eigenvalue weighted by atomic mass is 10.3. The van der Waals surface area contributed by atoms with Crippen molar-refractivity contribution in [2.75, 3.05) is 43.5 Å². The topological polar surface area (TPSA) is 68.3 Å². The van der Waals surface area contributed by atoms with Gasteiger partial charge in [-0.25, -0.2) is 4.98 Å². The predicted molar refractivity (Wildman–Crippen MR) is 74.9 cm³/mol. The van der Waals surface area contributed by atoms with Gasteiger partial charge in [0.05, 0.1) is 32.1 Å². The van der Waals surface area contributed by atoms with Crippen LogP contribution in [0.25, 0.3) is 0 Å². The van der Waals surface area contributed by atoms with Gasteiger partial charge in [0.25, 0.3) is 0 Å². The molecule has 19 heavy (non-hydrogen) atoms. The van der Waals surface area contributed by atoms with E-state index in [1.807, 2.05) is 0 Å². The van der Waals surface area contributed by atoms with Crippen LogP contribution in [0.2, 0.25) is 5.02 Å². The summed E-state index contributed by atoms with van der Waals surface area (Å²) in [7, 11) is 0. The van der Waals surface area contributed by atoms with Crippen molar-refractivity contribution >= 4 is 23.4 Å². The van der Waals surface area contributed by atoms with Gasteiger partial charge in [0, 0.05) is 13.1 Å². The highest BCUT2D eigenvalue weighted by Gasteiger charge is 2.15. The van der Waals surface area contributed by atoms with Crippen LogP contribution < -0.4 is 10.6 Å². The van der Waals surface area contributed by atoms with Gasteiger partial charge >= 0.3 is 0 Å². The molecule has 1 unspecified atom stereocenters. The lowest BCUT2D eigenvalue weighted by Crippen LogP contribution is -2.34. The molecule has 0 saturated carbocycles. The Morgan fingerprint density at radius 2 is 2.32 bits per heavy atom. The van der Waals surface area contributed by atoms with E-state index >= 15 is 0 Å². The van der Waals surface area contributed by atoms with Crippen molar-refractivity contribution in [3.63, 3.8) is 0 Å². The standard InChI is InChI=1S/C12H19ClN4O2/c1-2-3-14-12-16-7-10(13)11(17-12)15-6-9-8-18-4-5-19-9/h7,9H,2-6,8H2,1H3,(H2,14,15,16,17). The summed E-state index contributed by atoms with van der Waals surface area (Å²) in [5.74, 6) is 1.19. The molecule has 1 atom stereocenters. The quantitative estimate of drug-likeness (QED) is 0.831. The number of ether oxygens (including phenoxy) is 2. The van der Waals surface area contributed by atoms with Crippen molar-refractivity contribution < 1.29 is 9.47 Å². The molecular formula is C12H19ClN4O2. The second kappa shape index (κ2) is 7.47. The normalized spacial score (nSPS) is 19.2. The fourth-order valence-electron chi connectivity index (χ4n) is 1.68. The van der Waals surface area contributed by atoms with E-state index in [0.717, 1.165) is 13.0 Å². The molecule has 0 aliphatic carbocycles. The summed E-state index contributed by atoms with van der Waals surface area (Å²) in [5.41, 5.74) is 0. The lowest BCUT2D eigenvalue weighted by molar-refractivity contribution is -0.0819. The first-order chi connectivity index (χ1) is 9.29. The largest absolute Gasteiger partial charge is 0.376 e. The Kier molecular flexibility index (Phi) is 5.62. The van der Waals surface area contributed by atoms with Gasteiger partial charge in [0.1, 0.15) is 5.02 Å². The summed E-state index contributed by atoms with van der Waals surface area (Å²) in [5, 5.41) is 6.79. The number of nitrogens with zero attached hydrogens (tertiary/aromatic N) is 2. The van der Waals surface area contributed by atoms with Crippen LogP contribution in [0.3, 0.4) is 0 Å². The summed E-state index contributed by atoms with van der Waals surface area (Å²) in [4.78, 5) is 8.45. The fraction of sp³-hybridized carbons (Fsp3) is 0.667. The molecule has 0 radical (unpaired) electrons. The Hall–Kier alpha value is -1.11. The highest BCUT2D eigenvalue weighted by Crippen LogP contribution is 2.19. The van der Waals surface area contributed by atoms with Crippen LogP contribution in [-0.2, 0) is 9.47 Å². The monoisotopic (exact) mass is 286 g/mol. The average Bonchev–Trinajstić information content (AvgIpc) is 2.46.